The maximum absolute atomic E-state index is 2.32. The van der Waals surface area contributed by atoms with Gasteiger partial charge in [-0.25, -0.2) is 0 Å². The van der Waals surface area contributed by atoms with Crippen LogP contribution in [0.2, 0.25) is 0 Å². The SMILES string of the molecule is c1ccc(-c2ccccc2-c2ccc(N(c3ccccc3)c3ccc(-c4cccc(-c5ccc6ccccc6c5)c4)cc3)cc2)cc1. The molecule has 0 radical (unpaired) electrons. The molecule has 222 valence electrons. The molecule has 0 unspecified atom stereocenters. The van der Waals surface area contributed by atoms with Crippen LogP contribution in [0, 0.1) is 0 Å². The zero-order valence-corrected chi connectivity index (χ0v) is 26.0. The summed E-state index contributed by atoms with van der Waals surface area (Å²) in [5.41, 5.74) is 13.1. The number of anilines is 3. The van der Waals surface area contributed by atoms with Crippen LogP contribution in [0.5, 0.6) is 0 Å². The summed E-state index contributed by atoms with van der Waals surface area (Å²) in [5, 5.41) is 2.52. The fraction of sp³-hybridized carbons (Fsp3) is 0. The lowest BCUT2D eigenvalue weighted by molar-refractivity contribution is 1.28. The highest BCUT2D eigenvalue weighted by Crippen LogP contribution is 2.38. The van der Waals surface area contributed by atoms with Crippen LogP contribution >= 0.6 is 0 Å². The van der Waals surface area contributed by atoms with E-state index in [2.05, 4.69) is 205 Å². The van der Waals surface area contributed by atoms with Crippen LogP contribution in [-0.4, -0.2) is 0 Å². The first-order valence-corrected chi connectivity index (χ1v) is 16.1. The zero-order valence-electron chi connectivity index (χ0n) is 26.0. The van der Waals surface area contributed by atoms with Crippen molar-refractivity contribution in [3.05, 3.63) is 200 Å². The number of nitrogens with zero attached hydrogens (tertiary/aromatic N) is 1. The van der Waals surface area contributed by atoms with Crippen LogP contribution in [0.1, 0.15) is 0 Å². The largest absolute Gasteiger partial charge is 0.311 e. The molecular formula is C46H33N. The molecule has 47 heavy (non-hydrogen) atoms. The number of hydrogen-bond acceptors (Lipinski definition) is 1. The van der Waals surface area contributed by atoms with Gasteiger partial charge >= 0.3 is 0 Å². The van der Waals surface area contributed by atoms with Gasteiger partial charge in [-0.1, -0.05) is 152 Å². The standard InChI is InChI=1S/C46H33N/c1-3-13-36(14-4-1)45-20-9-10-21-46(45)37-26-30-44(31-27-37)47(42-18-5-2-6-19-42)43-28-24-35(25-29-43)39-16-11-17-40(32-39)41-23-22-34-12-7-8-15-38(34)33-41/h1-33H. The molecule has 0 N–H and O–H groups in total. The third kappa shape index (κ3) is 5.83. The second-order valence-electron chi connectivity index (χ2n) is 11.8. The van der Waals surface area contributed by atoms with Crippen molar-refractivity contribution in [2.75, 3.05) is 4.90 Å². The number of benzene rings is 8. The normalized spacial score (nSPS) is 11.0. The first-order valence-electron chi connectivity index (χ1n) is 16.1. The summed E-state index contributed by atoms with van der Waals surface area (Å²) in [6.45, 7) is 0. The highest BCUT2D eigenvalue weighted by molar-refractivity contribution is 5.88. The fourth-order valence-electron chi connectivity index (χ4n) is 6.47. The van der Waals surface area contributed by atoms with E-state index in [0.717, 1.165) is 17.1 Å². The molecule has 0 saturated heterocycles. The summed E-state index contributed by atoms with van der Waals surface area (Å²) in [4.78, 5) is 2.32. The molecule has 0 saturated carbocycles. The van der Waals surface area contributed by atoms with Gasteiger partial charge in [0.05, 0.1) is 0 Å². The lowest BCUT2D eigenvalue weighted by atomic mass is 9.94. The average molecular weight is 600 g/mol. The Morgan fingerprint density at radius 2 is 0.660 bits per heavy atom. The Kier molecular flexibility index (Phi) is 7.63. The summed E-state index contributed by atoms with van der Waals surface area (Å²) in [7, 11) is 0. The highest BCUT2D eigenvalue weighted by Gasteiger charge is 2.14. The van der Waals surface area contributed by atoms with Crippen LogP contribution in [-0.2, 0) is 0 Å². The zero-order chi connectivity index (χ0) is 31.4. The summed E-state index contributed by atoms with van der Waals surface area (Å²) >= 11 is 0. The van der Waals surface area contributed by atoms with Gasteiger partial charge in [-0.15, -0.1) is 0 Å². The Hall–Kier alpha value is -6.18. The van der Waals surface area contributed by atoms with Gasteiger partial charge in [0, 0.05) is 17.1 Å². The molecule has 0 fully saturated rings. The maximum Gasteiger partial charge on any atom is 0.0462 e. The Labute approximate surface area is 276 Å². The van der Waals surface area contributed by atoms with E-state index in [1.165, 1.54) is 55.3 Å². The van der Waals surface area contributed by atoms with Crippen LogP contribution in [0.15, 0.2) is 200 Å². The van der Waals surface area contributed by atoms with Gasteiger partial charge in [0.2, 0.25) is 0 Å². The number of para-hydroxylation sites is 1. The minimum absolute atomic E-state index is 1.11. The van der Waals surface area contributed by atoms with Crippen molar-refractivity contribution >= 4 is 27.8 Å². The van der Waals surface area contributed by atoms with E-state index in [-0.39, 0.29) is 0 Å². The predicted octanol–water partition coefficient (Wildman–Crippen LogP) is 13.0. The lowest BCUT2D eigenvalue weighted by Gasteiger charge is -2.26. The molecule has 0 aliphatic heterocycles. The summed E-state index contributed by atoms with van der Waals surface area (Å²) in [5.74, 6) is 0. The van der Waals surface area contributed by atoms with E-state index >= 15 is 0 Å². The van der Waals surface area contributed by atoms with E-state index in [1.54, 1.807) is 0 Å². The first-order chi connectivity index (χ1) is 23.3. The monoisotopic (exact) mass is 599 g/mol. The van der Waals surface area contributed by atoms with Gasteiger partial charge in [-0.3, -0.25) is 0 Å². The van der Waals surface area contributed by atoms with Crippen LogP contribution < -0.4 is 4.90 Å². The minimum atomic E-state index is 1.11. The fourth-order valence-corrected chi connectivity index (χ4v) is 6.47. The second kappa shape index (κ2) is 12.7. The third-order valence-corrected chi connectivity index (χ3v) is 8.87. The summed E-state index contributed by atoms with van der Waals surface area (Å²) < 4.78 is 0. The van der Waals surface area contributed by atoms with E-state index in [9.17, 15) is 0 Å². The van der Waals surface area contributed by atoms with Gasteiger partial charge in [0.1, 0.15) is 0 Å². The molecule has 1 nitrogen and oxygen atoms in total. The van der Waals surface area contributed by atoms with E-state index in [1.807, 2.05) is 0 Å². The molecule has 0 aliphatic rings. The molecule has 0 spiro atoms. The van der Waals surface area contributed by atoms with Crippen molar-refractivity contribution in [2.24, 2.45) is 0 Å². The quantitative estimate of drug-likeness (QED) is 0.176. The lowest BCUT2D eigenvalue weighted by Crippen LogP contribution is -2.09. The first kappa shape index (κ1) is 28.3. The molecule has 0 amide bonds. The van der Waals surface area contributed by atoms with Gasteiger partial charge in [0.25, 0.3) is 0 Å². The number of hydrogen-bond donors (Lipinski definition) is 0. The Bertz CT molecular complexity index is 2270. The molecule has 0 aliphatic carbocycles. The van der Waals surface area contributed by atoms with E-state index < -0.39 is 0 Å². The van der Waals surface area contributed by atoms with Crippen molar-refractivity contribution in [2.45, 2.75) is 0 Å². The van der Waals surface area contributed by atoms with E-state index in [0.29, 0.717) is 0 Å². The molecule has 1 heteroatoms. The minimum Gasteiger partial charge on any atom is -0.311 e. The Morgan fingerprint density at radius 3 is 1.32 bits per heavy atom. The van der Waals surface area contributed by atoms with Gasteiger partial charge in [-0.05, 0) is 104 Å². The van der Waals surface area contributed by atoms with Crippen molar-refractivity contribution in [3.63, 3.8) is 0 Å². The number of rotatable bonds is 7. The molecule has 0 heterocycles. The molecule has 8 rings (SSSR count). The van der Waals surface area contributed by atoms with Crippen molar-refractivity contribution in [1.29, 1.82) is 0 Å². The number of fused-ring (bicyclic) bond motifs is 1. The van der Waals surface area contributed by atoms with Crippen molar-refractivity contribution in [1.82, 2.24) is 0 Å². The van der Waals surface area contributed by atoms with Crippen LogP contribution in [0.3, 0.4) is 0 Å². The molecule has 0 bridgehead atoms. The summed E-state index contributed by atoms with van der Waals surface area (Å²) in [6, 6.07) is 71.7. The van der Waals surface area contributed by atoms with Gasteiger partial charge in [0.15, 0.2) is 0 Å². The van der Waals surface area contributed by atoms with Gasteiger partial charge in [-0.2, -0.15) is 0 Å². The maximum atomic E-state index is 2.32. The smallest absolute Gasteiger partial charge is 0.0462 e. The topological polar surface area (TPSA) is 3.24 Å². The third-order valence-electron chi connectivity index (χ3n) is 8.87. The molecular weight excluding hydrogens is 567 g/mol. The van der Waals surface area contributed by atoms with Gasteiger partial charge < -0.3 is 4.90 Å². The highest BCUT2D eigenvalue weighted by atomic mass is 15.1. The second-order valence-corrected chi connectivity index (χ2v) is 11.8. The van der Waals surface area contributed by atoms with Crippen molar-refractivity contribution < 1.29 is 0 Å². The van der Waals surface area contributed by atoms with Crippen LogP contribution in [0.4, 0.5) is 17.1 Å². The molecule has 0 atom stereocenters. The van der Waals surface area contributed by atoms with Crippen molar-refractivity contribution in [3.8, 4) is 44.5 Å². The summed E-state index contributed by atoms with van der Waals surface area (Å²) in [6.07, 6.45) is 0. The average Bonchev–Trinajstić information content (AvgIpc) is 3.16. The molecule has 0 aromatic heterocycles. The Balaban J connectivity index is 1.12. The molecule has 8 aromatic rings. The van der Waals surface area contributed by atoms with E-state index in [4.69, 9.17) is 0 Å². The Morgan fingerprint density at radius 1 is 0.234 bits per heavy atom. The predicted molar refractivity (Wildman–Crippen MR) is 200 cm³/mol. The van der Waals surface area contributed by atoms with Crippen LogP contribution in [0.25, 0.3) is 55.3 Å². The molecule has 8 aromatic carbocycles.